The molecule has 0 saturated heterocycles. The van der Waals surface area contributed by atoms with Crippen molar-refractivity contribution in [2.24, 2.45) is 4.99 Å². The maximum Gasteiger partial charge on any atom is 0.270 e. The van der Waals surface area contributed by atoms with Gasteiger partial charge in [0.15, 0.2) is 4.80 Å². The van der Waals surface area contributed by atoms with Gasteiger partial charge in [0.1, 0.15) is 0 Å². The average molecular weight is 432 g/mol. The van der Waals surface area contributed by atoms with E-state index in [0.717, 1.165) is 16.8 Å². The molecule has 1 aromatic heterocycles. The molecule has 7 nitrogen and oxygen atoms in total. The van der Waals surface area contributed by atoms with Gasteiger partial charge in [0, 0.05) is 30.7 Å². The van der Waals surface area contributed by atoms with Crippen molar-refractivity contribution in [1.82, 2.24) is 4.57 Å². The Morgan fingerprint density at radius 3 is 2.69 bits per heavy atom. The van der Waals surface area contributed by atoms with E-state index in [1.807, 2.05) is 28.8 Å². The molecule has 0 fully saturated rings. The minimum Gasteiger partial charge on any atom is -0.383 e. The van der Waals surface area contributed by atoms with E-state index in [-0.39, 0.29) is 18.0 Å². The first-order chi connectivity index (χ1) is 14.0. The van der Waals surface area contributed by atoms with E-state index in [9.17, 15) is 14.9 Å². The first-order valence-electron chi connectivity index (χ1n) is 9.08. The molecule has 152 valence electrons. The number of aromatic nitrogens is 1. The van der Waals surface area contributed by atoms with Crippen molar-refractivity contribution in [3.8, 4) is 0 Å². The molecule has 0 saturated carbocycles. The molecule has 9 heteroatoms. The lowest BCUT2D eigenvalue weighted by atomic mass is 10.1. The van der Waals surface area contributed by atoms with Gasteiger partial charge in [-0.15, -0.1) is 11.8 Å². The quantitative estimate of drug-likeness (QED) is 0.305. The molecule has 0 N–H and O–H groups in total. The van der Waals surface area contributed by atoms with E-state index >= 15 is 0 Å². The highest BCUT2D eigenvalue weighted by Gasteiger charge is 2.13. The van der Waals surface area contributed by atoms with Crippen molar-refractivity contribution in [1.29, 1.82) is 0 Å². The Bertz CT molecular complexity index is 1090. The molecule has 3 aromatic rings. The predicted molar refractivity (Wildman–Crippen MR) is 115 cm³/mol. The van der Waals surface area contributed by atoms with Gasteiger partial charge >= 0.3 is 0 Å². The number of carbonyl (C=O) groups is 1. The number of thiazole rings is 1. The van der Waals surface area contributed by atoms with E-state index in [2.05, 4.69) is 11.9 Å². The zero-order valence-corrected chi connectivity index (χ0v) is 17.8. The molecule has 0 aliphatic carbocycles. The number of fused-ring (bicyclic) bond motifs is 1. The van der Waals surface area contributed by atoms with Gasteiger partial charge in [0.2, 0.25) is 0 Å². The van der Waals surface area contributed by atoms with Crippen LogP contribution in [0.5, 0.6) is 0 Å². The summed E-state index contributed by atoms with van der Waals surface area (Å²) in [7, 11) is 1.60. The summed E-state index contributed by atoms with van der Waals surface area (Å²) in [6, 6.07) is 12.6. The lowest BCUT2D eigenvalue weighted by Crippen LogP contribution is -2.19. The van der Waals surface area contributed by atoms with E-state index in [0.29, 0.717) is 22.7 Å². The maximum atomic E-state index is 12.6. The number of methoxy groups -OCH3 is 1. The fourth-order valence-electron chi connectivity index (χ4n) is 2.85. The summed E-state index contributed by atoms with van der Waals surface area (Å²) in [5, 5.41) is 11.1. The van der Waals surface area contributed by atoms with Gasteiger partial charge in [-0.3, -0.25) is 14.9 Å². The molecular weight excluding hydrogens is 410 g/mol. The molecule has 0 radical (unpaired) electrons. The van der Waals surface area contributed by atoms with Crippen LogP contribution in [0.15, 0.2) is 52.4 Å². The van der Waals surface area contributed by atoms with Crippen LogP contribution in [0.1, 0.15) is 12.5 Å². The molecule has 1 heterocycles. The summed E-state index contributed by atoms with van der Waals surface area (Å²) >= 11 is 3.02. The zero-order valence-electron chi connectivity index (χ0n) is 16.2. The Morgan fingerprint density at radius 2 is 2.03 bits per heavy atom. The number of hydrogen-bond donors (Lipinski definition) is 0. The van der Waals surface area contributed by atoms with Crippen LogP contribution in [-0.2, 0) is 22.5 Å². The minimum absolute atomic E-state index is 0.0144. The maximum absolute atomic E-state index is 12.6. The van der Waals surface area contributed by atoms with Crippen LogP contribution in [0.2, 0.25) is 0 Å². The number of thioether (sulfide) groups is 1. The van der Waals surface area contributed by atoms with Crippen LogP contribution < -0.4 is 4.80 Å². The molecule has 0 atom stereocenters. The number of hydrogen-bond acceptors (Lipinski definition) is 6. The summed E-state index contributed by atoms with van der Waals surface area (Å²) in [6.07, 6.45) is 0.204. The van der Waals surface area contributed by atoms with Gasteiger partial charge in [0.25, 0.3) is 11.6 Å². The summed E-state index contributed by atoms with van der Waals surface area (Å²) < 4.78 is 7.74. The van der Waals surface area contributed by atoms with Gasteiger partial charge in [-0.05, 0) is 29.5 Å². The Morgan fingerprint density at radius 1 is 1.28 bits per heavy atom. The summed E-state index contributed by atoms with van der Waals surface area (Å²) in [6.45, 7) is 3.05. The molecule has 0 aliphatic rings. The molecule has 0 aliphatic heterocycles. The Labute approximate surface area is 176 Å². The molecular formula is C20H21N3O4S2. The van der Waals surface area contributed by atoms with E-state index in [1.54, 1.807) is 24.9 Å². The lowest BCUT2D eigenvalue weighted by molar-refractivity contribution is -0.384. The van der Waals surface area contributed by atoms with Gasteiger partial charge in [-0.2, -0.15) is 4.99 Å². The molecule has 29 heavy (non-hydrogen) atoms. The van der Waals surface area contributed by atoms with Crippen LogP contribution in [0.4, 0.5) is 5.69 Å². The number of rotatable bonds is 8. The minimum atomic E-state index is -0.429. The second-order valence-corrected chi connectivity index (χ2v) is 8.54. The monoisotopic (exact) mass is 431 g/mol. The molecule has 2 aromatic carbocycles. The Balaban J connectivity index is 1.92. The van der Waals surface area contributed by atoms with Crippen LogP contribution in [0.25, 0.3) is 10.2 Å². The van der Waals surface area contributed by atoms with Gasteiger partial charge in [-0.1, -0.05) is 30.4 Å². The van der Waals surface area contributed by atoms with Crippen LogP contribution >= 0.6 is 23.1 Å². The summed E-state index contributed by atoms with van der Waals surface area (Å²) in [4.78, 5) is 29.2. The smallest absolute Gasteiger partial charge is 0.270 e. The van der Waals surface area contributed by atoms with Crippen molar-refractivity contribution in [3.05, 3.63) is 62.9 Å². The topological polar surface area (TPSA) is 86.7 Å². The van der Waals surface area contributed by atoms with Crippen LogP contribution in [0, 0.1) is 10.1 Å². The standard InChI is InChI=1S/C20H21N3O4S2/c1-3-28-16-7-4-14(5-8-16)12-19(24)21-20-22(10-11-27-2)17-9-6-15(23(25)26)13-18(17)29-20/h4-9,13H,3,10-12H2,1-2H3. The molecule has 0 bridgehead atoms. The summed E-state index contributed by atoms with van der Waals surface area (Å²) in [5.74, 6) is 0.743. The number of non-ortho nitro benzene ring substituents is 1. The van der Waals surface area contributed by atoms with Crippen LogP contribution in [-0.4, -0.2) is 34.9 Å². The van der Waals surface area contributed by atoms with Crippen molar-refractivity contribution < 1.29 is 14.5 Å². The Hall–Kier alpha value is -2.49. The second kappa shape index (κ2) is 9.82. The number of nitrogens with zero attached hydrogens (tertiary/aromatic N) is 3. The lowest BCUT2D eigenvalue weighted by Gasteiger charge is -2.04. The highest BCUT2D eigenvalue weighted by atomic mass is 32.2. The number of ether oxygens (including phenoxy) is 1. The normalized spacial score (nSPS) is 11.9. The van der Waals surface area contributed by atoms with Gasteiger partial charge < -0.3 is 9.30 Å². The highest BCUT2D eigenvalue weighted by molar-refractivity contribution is 7.99. The van der Waals surface area contributed by atoms with Gasteiger partial charge in [-0.25, -0.2) is 0 Å². The average Bonchev–Trinajstić information content (AvgIpc) is 3.04. The number of nitro groups is 1. The SMILES string of the molecule is CCSc1ccc(CC(=O)N=c2sc3cc([N+](=O)[O-])ccc3n2CCOC)cc1. The fraction of sp³-hybridized carbons (Fsp3) is 0.300. The van der Waals surface area contributed by atoms with E-state index < -0.39 is 4.92 Å². The predicted octanol–water partition coefficient (Wildman–Crippen LogP) is 4.04. The number of carbonyl (C=O) groups excluding carboxylic acids is 1. The second-order valence-electron chi connectivity index (χ2n) is 6.20. The van der Waals surface area contributed by atoms with Crippen molar-refractivity contribution in [2.75, 3.05) is 19.5 Å². The number of amides is 1. The summed E-state index contributed by atoms with van der Waals surface area (Å²) in [5.41, 5.74) is 1.71. The highest BCUT2D eigenvalue weighted by Crippen LogP contribution is 2.23. The van der Waals surface area contributed by atoms with Crippen LogP contribution in [0.3, 0.4) is 0 Å². The first-order valence-corrected chi connectivity index (χ1v) is 10.9. The van der Waals surface area contributed by atoms with Crippen molar-refractivity contribution in [3.63, 3.8) is 0 Å². The molecule has 1 amide bonds. The van der Waals surface area contributed by atoms with Crippen molar-refractivity contribution >= 4 is 44.9 Å². The largest absolute Gasteiger partial charge is 0.383 e. The number of benzene rings is 2. The third kappa shape index (κ3) is 5.31. The molecule has 3 rings (SSSR count). The van der Waals surface area contributed by atoms with Gasteiger partial charge in [0.05, 0.1) is 28.2 Å². The molecule has 0 spiro atoms. The third-order valence-corrected chi connectivity index (χ3v) is 6.14. The number of nitro benzene ring substituents is 1. The van der Waals surface area contributed by atoms with E-state index in [4.69, 9.17) is 4.74 Å². The Kier molecular flexibility index (Phi) is 7.18. The third-order valence-electron chi connectivity index (χ3n) is 4.21. The van der Waals surface area contributed by atoms with E-state index in [1.165, 1.54) is 28.4 Å². The zero-order chi connectivity index (χ0) is 20.8. The fourth-order valence-corrected chi connectivity index (χ4v) is 4.62. The van der Waals surface area contributed by atoms with Crippen molar-refractivity contribution in [2.45, 2.75) is 24.8 Å². The molecule has 0 unspecified atom stereocenters. The first kappa shape index (κ1) is 21.2.